The summed E-state index contributed by atoms with van der Waals surface area (Å²) in [6.45, 7) is 4.51. The first-order chi connectivity index (χ1) is 9.47. The smallest absolute Gasteiger partial charge is 0.355 e. The molecule has 0 aliphatic carbocycles. The Hall–Kier alpha value is -1.86. The van der Waals surface area contributed by atoms with Crippen molar-refractivity contribution < 1.29 is 29.3 Å². The van der Waals surface area contributed by atoms with Crippen LogP contribution in [0.25, 0.3) is 0 Å². The van der Waals surface area contributed by atoms with Crippen molar-refractivity contribution in [1.29, 1.82) is 0 Å². The van der Waals surface area contributed by atoms with Gasteiger partial charge >= 0.3 is 11.9 Å². The summed E-state index contributed by atoms with van der Waals surface area (Å²) >= 11 is 0. The molecule has 1 atom stereocenters. The summed E-state index contributed by atoms with van der Waals surface area (Å²) in [5, 5.41) is 19.2. The van der Waals surface area contributed by atoms with Crippen LogP contribution >= 0.6 is 0 Å². The first-order valence-corrected chi connectivity index (χ1v) is 6.35. The zero-order valence-corrected chi connectivity index (χ0v) is 11.7. The molecule has 0 amide bonds. The van der Waals surface area contributed by atoms with E-state index in [2.05, 4.69) is 4.98 Å². The van der Waals surface area contributed by atoms with E-state index in [1.807, 2.05) is 0 Å². The lowest BCUT2D eigenvalue weighted by Crippen LogP contribution is -2.10. The van der Waals surface area contributed by atoms with Crippen LogP contribution in [0.1, 0.15) is 59.0 Å². The third kappa shape index (κ3) is 3.17. The number of ether oxygens (including phenoxy) is 2. The average molecular weight is 285 g/mol. The summed E-state index contributed by atoms with van der Waals surface area (Å²) in [6, 6.07) is 0. The van der Waals surface area contributed by atoms with Crippen LogP contribution in [0.4, 0.5) is 0 Å². The molecule has 20 heavy (non-hydrogen) atoms. The van der Waals surface area contributed by atoms with E-state index in [0.29, 0.717) is 0 Å². The van der Waals surface area contributed by atoms with Crippen LogP contribution in [-0.2, 0) is 16.1 Å². The van der Waals surface area contributed by atoms with Crippen LogP contribution in [-0.4, -0.2) is 40.3 Å². The fourth-order valence-electron chi connectivity index (χ4n) is 1.92. The summed E-state index contributed by atoms with van der Waals surface area (Å²) in [7, 11) is 0. The first-order valence-electron chi connectivity index (χ1n) is 6.35. The van der Waals surface area contributed by atoms with E-state index in [9.17, 15) is 19.8 Å². The predicted molar refractivity (Wildman–Crippen MR) is 69.3 cm³/mol. The second-order valence-corrected chi connectivity index (χ2v) is 4.04. The summed E-state index contributed by atoms with van der Waals surface area (Å²) in [5.74, 6) is -1.40. The third-order valence-electron chi connectivity index (χ3n) is 2.68. The average Bonchev–Trinajstić information content (AvgIpc) is 2.78. The van der Waals surface area contributed by atoms with Crippen molar-refractivity contribution in [1.82, 2.24) is 4.98 Å². The van der Waals surface area contributed by atoms with Crippen molar-refractivity contribution in [2.45, 2.75) is 33.5 Å². The molecule has 1 aromatic rings. The van der Waals surface area contributed by atoms with Gasteiger partial charge in [-0.3, -0.25) is 0 Å². The lowest BCUT2D eigenvalue weighted by molar-refractivity contribution is 0.0512. The normalized spacial score (nSPS) is 12.1. The molecule has 0 saturated carbocycles. The zero-order chi connectivity index (χ0) is 15.3. The molecule has 1 rings (SSSR count). The van der Waals surface area contributed by atoms with Gasteiger partial charge in [-0.15, -0.1) is 0 Å². The molecule has 0 spiro atoms. The number of hydrogen-bond donors (Lipinski definition) is 3. The number of aliphatic hydroxyl groups excluding tert-OH is 2. The van der Waals surface area contributed by atoms with E-state index in [1.54, 1.807) is 13.8 Å². The first kappa shape index (κ1) is 16.2. The SMILES string of the molecule is CCOC(=O)c1[nH]c(C(=O)OCC)c(C(C)O)c1CO. The predicted octanol–water partition coefficient (Wildman–Crippen LogP) is 0.914. The molecule has 1 aromatic heterocycles. The molecule has 0 aliphatic rings. The van der Waals surface area contributed by atoms with Crippen LogP contribution in [0.15, 0.2) is 0 Å². The lowest BCUT2D eigenvalue weighted by Gasteiger charge is -2.08. The number of esters is 2. The highest BCUT2D eigenvalue weighted by molar-refractivity contribution is 5.96. The van der Waals surface area contributed by atoms with E-state index < -0.39 is 24.6 Å². The minimum absolute atomic E-state index is 0.0473. The second kappa shape index (κ2) is 7.06. The molecular weight excluding hydrogens is 266 g/mol. The van der Waals surface area contributed by atoms with E-state index in [4.69, 9.17) is 9.47 Å². The molecular formula is C13H19NO6. The van der Waals surface area contributed by atoms with E-state index in [-0.39, 0.29) is 35.7 Å². The van der Waals surface area contributed by atoms with E-state index >= 15 is 0 Å². The fraction of sp³-hybridized carbons (Fsp3) is 0.538. The number of rotatable bonds is 6. The molecule has 3 N–H and O–H groups in total. The number of nitrogens with one attached hydrogen (secondary N) is 1. The monoisotopic (exact) mass is 285 g/mol. The quantitative estimate of drug-likeness (QED) is 0.670. The Morgan fingerprint density at radius 2 is 1.65 bits per heavy atom. The van der Waals surface area contributed by atoms with Gasteiger partial charge in [-0.05, 0) is 20.8 Å². The maximum atomic E-state index is 11.8. The van der Waals surface area contributed by atoms with Gasteiger partial charge in [0.05, 0.1) is 25.9 Å². The van der Waals surface area contributed by atoms with Crippen molar-refractivity contribution in [2.75, 3.05) is 13.2 Å². The second-order valence-electron chi connectivity index (χ2n) is 4.04. The van der Waals surface area contributed by atoms with Crippen LogP contribution in [0.3, 0.4) is 0 Å². The maximum absolute atomic E-state index is 11.8. The van der Waals surface area contributed by atoms with Crippen molar-refractivity contribution in [3.8, 4) is 0 Å². The Balaban J connectivity index is 3.37. The highest BCUT2D eigenvalue weighted by Gasteiger charge is 2.28. The molecule has 0 radical (unpaired) electrons. The molecule has 1 unspecified atom stereocenters. The van der Waals surface area contributed by atoms with Crippen LogP contribution in [0, 0.1) is 0 Å². The van der Waals surface area contributed by atoms with Crippen molar-refractivity contribution in [3.63, 3.8) is 0 Å². The van der Waals surface area contributed by atoms with Crippen molar-refractivity contribution in [3.05, 3.63) is 22.5 Å². The van der Waals surface area contributed by atoms with E-state index in [0.717, 1.165) is 0 Å². The van der Waals surface area contributed by atoms with Gasteiger partial charge in [0.2, 0.25) is 0 Å². The lowest BCUT2D eigenvalue weighted by atomic mass is 10.0. The highest BCUT2D eigenvalue weighted by atomic mass is 16.5. The summed E-state index contributed by atoms with van der Waals surface area (Å²) < 4.78 is 9.70. The van der Waals surface area contributed by atoms with Gasteiger partial charge in [0.1, 0.15) is 11.4 Å². The summed E-state index contributed by atoms with van der Waals surface area (Å²) in [6.07, 6.45) is -1.05. The van der Waals surface area contributed by atoms with Gasteiger partial charge in [-0.25, -0.2) is 9.59 Å². The van der Waals surface area contributed by atoms with Gasteiger partial charge in [0.15, 0.2) is 0 Å². The van der Waals surface area contributed by atoms with Gasteiger partial charge in [0, 0.05) is 11.1 Å². The largest absolute Gasteiger partial charge is 0.461 e. The minimum atomic E-state index is -1.05. The van der Waals surface area contributed by atoms with E-state index in [1.165, 1.54) is 6.92 Å². The Bertz CT molecular complexity index is 491. The Morgan fingerprint density at radius 1 is 1.15 bits per heavy atom. The molecule has 1 heterocycles. The van der Waals surface area contributed by atoms with Gasteiger partial charge < -0.3 is 24.7 Å². The number of carbonyl (C=O) groups is 2. The number of carbonyl (C=O) groups excluding carboxylic acids is 2. The molecule has 7 heteroatoms. The van der Waals surface area contributed by atoms with Crippen LogP contribution in [0.5, 0.6) is 0 Å². The molecule has 112 valence electrons. The number of aliphatic hydroxyl groups is 2. The Labute approximate surface area is 116 Å². The van der Waals surface area contributed by atoms with Crippen LogP contribution < -0.4 is 0 Å². The highest BCUT2D eigenvalue weighted by Crippen LogP contribution is 2.27. The molecule has 0 aromatic carbocycles. The van der Waals surface area contributed by atoms with Crippen molar-refractivity contribution in [2.24, 2.45) is 0 Å². The number of hydrogen-bond acceptors (Lipinski definition) is 6. The van der Waals surface area contributed by atoms with Gasteiger partial charge in [0.25, 0.3) is 0 Å². The fourth-order valence-corrected chi connectivity index (χ4v) is 1.92. The molecule has 7 nitrogen and oxygen atoms in total. The van der Waals surface area contributed by atoms with Crippen LogP contribution in [0.2, 0.25) is 0 Å². The summed E-state index contributed by atoms with van der Waals surface area (Å²) in [5.41, 5.74) is 0.192. The number of aromatic amines is 1. The zero-order valence-electron chi connectivity index (χ0n) is 11.7. The number of H-pyrrole nitrogens is 1. The van der Waals surface area contributed by atoms with Crippen molar-refractivity contribution >= 4 is 11.9 Å². The minimum Gasteiger partial charge on any atom is -0.461 e. The Morgan fingerprint density at radius 3 is 2.05 bits per heavy atom. The maximum Gasteiger partial charge on any atom is 0.355 e. The molecule has 0 saturated heterocycles. The standard InChI is InChI=1S/C13H19NO6/c1-4-19-12(17)10-8(6-15)9(7(3)16)11(14-10)13(18)20-5-2/h7,14-16H,4-6H2,1-3H3. The van der Waals surface area contributed by atoms with Gasteiger partial charge in [-0.1, -0.05) is 0 Å². The summed E-state index contributed by atoms with van der Waals surface area (Å²) in [4.78, 5) is 26.2. The topological polar surface area (TPSA) is 109 Å². The third-order valence-corrected chi connectivity index (χ3v) is 2.68. The molecule has 0 aliphatic heterocycles. The molecule has 0 fully saturated rings. The number of aromatic nitrogens is 1. The Kier molecular flexibility index (Phi) is 5.72. The molecule has 0 bridgehead atoms. The van der Waals surface area contributed by atoms with Gasteiger partial charge in [-0.2, -0.15) is 0 Å².